The van der Waals surface area contributed by atoms with Crippen LogP contribution in [0.3, 0.4) is 0 Å². The molecule has 2 fully saturated rings. The number of benzene rings is 3. The van der Waals surface area contributed by atoms with Gasteiger partial charge in [-0.2, -0.15) is 5.26 Å². The number of nitriles is 1. The molecule has 2 saturated heterocycles. The quantitative estimate of drug-likeness (QED) is 0.156. The molecule has 0 amide bonds. The second-order valence-electron chi connectivity index (χ2n) is 14.8. The lowest BCUT2D eigenvalue weighted by Gasteiger charge is -2.24. The van der Waals surface area contributed by atoms with E-state index in [2.05, 4.69) is 94.6 Å². The summed E-state index contributed by atoms with van der Waals surface area (Å²) in [5, 5.41) is 36.0. The van der Waals surface area contributed by atoms with E-state index in [9.17, 15) is 15.5 Å². The van der Waals surface area contributed by atoms with Crippen molar-refractivity contribution in [2.24, 2.45) is 0 Å². The molecular weight excluding hydrogens is 649 g/mol. The van der Waals surface area contributed by atoms with Crippen LogP contribution in [0.2, 0.25) is 0 Å². The maximum Gasteiger partial charge on any atom is 0.156 e. The van der Waals surface area contributed by atoms with Gasteiger partial charge in [-0.25, -0.2) is 4.98 Å². The van der Waals surface area contributed by atoms with Gasteiger partial charge in [0.15, 0.2) is 11.4 Å². The van der Waals surface area contributed by atoms with Gasteiger partial charge in [-0.15, -0.1) is 0 Å². The number of aliphatic hydroxyl groups is 2. The molecule has 0 bridgehead atoms. The zero-order valence-corrected chi connectivity index (χ0v) is 29.6. The van der Waals surface area contributed by atoms with E-state index in [1.165, 1.54) is 5.56 Å². The first kappa shape index (κ1) is 32.8. The van der Waals surface area contributed by atoms with Crippen LogP contribution in [0.4, 0.5) is 11.5 Å². The normalized spacial score (nSPS) is 20.6. The summed E-state index contributed by atoms with van der Waals surface area (Å²) in [6, 6.07) is 23.8. The second-order valence-corrected chi connectivity index (χ2v) is 14.8. The minimum Gasteiger partial charge on any atom is -0.455 e. The fourth-order valence-electron chi connectivity index (χ4n) is 8.81. The number of hydrogen-bond donors (Lipinski definition) is 3. The van der Waals surface area contributed by atoms with E-state index in [1.54, 1.807) is 0 Å². The average molecular weight is 691 g/mol. The van der Waals surface area contributed by atoms with E-state index in [-0.39, 0.29) is 18.2 Å². The molecule has 0 spiro atoms. The second kappa shape index (κ2) is 13.1. The van der Waals surface area contributed by atoms with Gasteiger partial charge in [-0.05, 0) is 109 Å². The van der Waals surface area contributed by atoms with Crippen LogP contribution in [-0.2, 0) is 13.0 Å². The first-order valence-electron chi connectivity index (χ1n) is 18.4. The van der Waals surface area contributed by atoms with Crippen molar-refractivity contribution in [1.82, 2.24) is 19.8 Å². The Hall–Kier alpha value is -5.11. The Kier molecular flexibility index (Phi) is 8.28. The zero-order chi connectivity index (χ0) is 35.5. The molecule has 5 heterocycles. The van der Waals surface area contributed by atoms with Gasteiger partial charge in [-0.3, -0.25) is 14.8 Å². The van der Waals surface area contributed by atoms with Crippen molar-refractivity contribution in [2.75, 3.05) is 31.5 Å². The molecule has 3 aromatic carbocycles. The average Bonchev–Trinajstić information content (AvgIpc) is 3.95. The molecule has 1 aliphatic carbocycles. The van der Waals surface area contributed by atoms with Crippen LogP contribution < -0.4 is 5.32 Å². The van der Waals surface area contributed by atoms with Crippen LogP contribution in [0.25, 0.3) is 44.3 Å². The number of nitrogens with zero attached hydrogens (tertiary/aromatic N) is 5. The molecule has 3 aliphatic rings. The van der Waals surface area contributed by atoms with E-state index in [0.717, 1.165) is 112 Å². The molecule has 3 N–H and O–H groups in total. The number of aliphatic hydroxyl groups excluding tert-OH is 2. The fraction of sp³-hybridized carbons (Fsp3) is 0.326. The van der Waals surface area contributed by atoms with Gasteiger partial charge in [0.25, 0.3) is 0 Å². The minimum absolute atomic E-state index is 0.226. The standard InChI is InChI=1S/C43H42N6O3/c1-25-32(5-3-7-34(25)40-19-29-18-36-35(37(20-44)42(29)52-40)9-10-39(36)49-16-13-31(51)24-49)33-6-4-8-38(26(33)2)47-43-41-28(11-14-45-43)17-27(21-46-41)22-48-15-12-30(50)23-48/h3-8,11,14,17-19,21,30-31,39,50-51H,9-10,12-13,15-16,22-24H2,1-2H3,(H,45,47)/t30-,31-,39?/m1/s1. The van der Waals surface area contributed by atoms with Gasteiger partial charge in [0, 0.05) is 73.2 Å². The number of hydrogen-bond acceptors (Lipinski definition) is 9. The van der Waals surface area contributed by atoms with Gasteiger partial charge in [0.05, 0.1) is 17.8 Å². The van der Waals surface area contributed by atoms with Crippen LogP contribution in [0, 0.1) is 25.2 Å². The third kappa shape index (κ3) is 5.73. The molecule has 9 rings (SSSR count). The predicted octanol–water partition coefficient (Wildman–Crippen LogP) is 7.56. The molecule has 0 saturated carbocycles. The van der Waals surface area contributed by atoms with E-state index in [0.29, 0.717) is 30.1 Å². The van der Waals surface area contributed by atoms with Crippen molar-refractivity contribution in [3.05, 3.63) is 106 Å². The van der Waals surface area contributed by atoms with Crippen LogP contribution in [-0.4, -0.2) is 68.4 Å². The number of likely N-dealkylation sites (tertiary alicyclic amines) is 2. The number of fused-ring (bicyclic) bond motifs is 3. The maximum absolute atomic E-state index is 10.3. The van der Waals surface area contributed by atoms with Crippen molar-refractivity contribution in [1.29, 1.82) is 5.26 Å². The first-order chi connectivity index (χ1) is 25.3. The molecule has 0 radical (unpaired) electrons. The number of anilines is 2. The highest BCUT2D eigenvalue weighted by molar-refractivity contribution is 5.93. The molecule has 2 aliphatic heterocycles. The smallest absolute Gasteiger partial charge is 0.156 e. The molecule has 1 unspecified atom stereocenters. The number of rotatable bonds is 7. The SMILES string of the molecule is Cc1c(Nc2nccc3cc(CN4CC[C@@H](O)C4)cnc23)cccc1-c1cccc(-c2cc3cc4c(c(C#N)c3o2)CCC4N2CC[C@@H](O)C2)c1C. The summed E-state index contributed by atoms with van der Waals surface area (Å²) >= 11 is 0. The van der Waals surface area contributed by atoms with Crippen molar-refractivity contribution in [3.8, 4) is 28.5 Å². The lowest BCUT2D eigenvalue weighted by atomic mass is 9.92. The zero-order valence-electron chi connectivity index (χ0n) is 29.6. The van der Waals surface area contributed by atoms with Gasteiger partial charge in [-0.1, -0.05) is 30.3 Å². The number of β-amino-alcohol motifs (C(OH)–C–C–N with tert-alkyl or cyclic N) is 2. The largest absolute Gasteiger partial charge is 0.455 e. The Morgan fingerprint density at radius 3 is 2.46 bits per heavy atom. The molecule has 3 aromatic heterocycles. The summed E-state index contributed by atoms with van der Waals surface area (Å²) < 4.78 is 6.56. The Bertz CT molecular complexity index is 2400. The van der Waals surface area contributed by atoms with E-state index in [4.69, 9.17) is 9.40 Å². The Morgan fingerprint density at radius 1 is 0.885 bits per heavy atom. The summed E-state index contributed by atoms with van der Waals surface area (Å²) in [6.45, 7) is 8.20. The van der Waals surface area contributed by atoms with E-state index < -0.39 is 0 Å². The van der Waals surface area contributed by atoms with Crippen LogP contribution in [0.15, 0.2) is 77.5 Å². The van der Waals surface area contributed by atoms with Gasteiger partial charge < -0.3 is 19.9 Å². The van der Waals surface area contributed by atoms with Crippen LogP contribution in [0.1, 0.15) is 58.7 Å². The summed E-state index contributed by atoms with van der Waals surface area (Å²) in [4.78, 5) is 14.1. The third-order valence-electron chi connectivity index (χ3n) is 11.5. The van der Waals surface area contributed by atoms with Crippen LogP contribution in [0.5, 0.6) is 0 Å². The Morgan fingerprint density at radius 2 is 1.67 bits per heavy atom. The molecule has 9 heteroatoms. The lowest BCUT2D eigenvalue weighted by molar-refractivity contribution is 0.159. The molecule has 52 heavy (non-hydrogen) atoms. The third-order valence-corrected chi connectivity index (χ3v) is 11.5. The molecule has 6 aromatic rings. The first-order valence-corrected chi connectivity index (χ1v) is 18.4. The molecule has 9 nitrogen and oxygen atoms in total. The number of pyridine rings is 2. The summed E-state index contributed by atoms with van der Waals surface area (Å²) in [7, 11) is 0. The number of aromatic nitrogens is 2. The highest BCUT2D eigenvalue weighted by Gasteiger charge is 2.35. The van der Waals surface area contributed by atoms with Gasteiger partial charge >= 0.3 is 0 Å². The van der Waals surface area contributed by atoms with Crippen LogP contribution >= 0.6 is 0 Å². The Balaban J connectivity index is 1.02. The predicted molar refractivity (Wildman–Crippen MR) is 203 cm³/mol. The molecular formula is C43H42N6O3. The molecule has 262 valence electrons. The fourth-order valence-corrected chi connectivity index (χ4v) is 8.81. The van der Waals surface area contributed by atoms with Crippen molar-refractivity contribution >= 4 is 33.4 Å². The van der Waals surface area contributed by atoms with E-state index in [1.807, 2.05) is 18.5 Å². The van der Waals surface area contributed by atoms with Crippen molar-refractivity contribution < 1.29 is 14.6 Å². The number of nitrogens with one attached hydrogen (secondary N) is 1. The molecule has 3 atom stereocenters. The van der Waals surface area contributed by atoms with E-state index >= 15 is 0 Å². The van der Waals surface area contributed by atoms with Crippen molar-refractivity contribution in [3.63, 3.8) is 0 Å². The lowest BCUT2D eigenvalue weighted by Crippen LogP contribution is -2.26. The maximum atomic E-state index is 10.3. The summed E-state index contributed by atoms with van der Waals surface area (Å²) in [5.74, 6) is 1.46. The summed E-state index contributed by atoms with van der Waals surface area (Å²) in [6.07, 6.45) is 6.64. The number of furan rings is 1. The monoisotopic (exact) mass is 690 g/mol. The van der Waals surface area contributed by atoms with Gasteiger partial charge in [0.1, 0.15) is 17.3 Å². The highest BCUT2D eigenvalue weighted by Crippen LogP contribution is 2.44. The topological polar surface area (TPSA) is 122 Å². The highest BCUT2D eigenvalue weighted by atomic mass is 16.3. The summed E-state index contributed by atoms with van der Waals surface area (Å²) in [5.41, 5.74) is 11.9. The van der Waals surface area contributed by atoms with Gasteiger partial charge in [0.2, 0.25) is 0 Å². The minimum atomic E-state index is -0.276. The van der Waals surface area contributed by atoms with Crippen molar-refractivity contribution in [2.45, 2.75) is 64.3 Å². The Labute approximate surface area is 303 Å².